The van der Waals surface area contributed by atoms with Crippen LogP contribution in [0.3, 0.4) is 0 Å². The molecule has 1 aliphatic carbocycles. The standard InChI is InChI=1S/C27H23F3N4O4S2/c1-2-38-24-15-19(27(28,29)30)9-11-23(24)25(35)32-20-12-17-8-10-22(14-18(17)13-20)40(36,37)34(26-33-31-16-39-26)21-6-4-3-5-7-21/h3-11,14-16,20H,2,12-13H2,1H3,(H,32,35). The fourth-order valence-corrected chi connectivity index (χ4v) is 6.85. The van der Waals surface area contributed by atoms with Crippen molar-refractivity contribution in [2.24, 2.45) is 0 Å². The van der Waals surface area contributed by atoms with Gasteiger partial charge in [0.25, 0.3) is 15.9 Å². The first-order valence-electron chi connectivity index (χ1n) is 12.2. The van der Waals surface area contributed by atoms with Crippen LogP contribution in [0.4, 0.5) is 24.0 Å². The molecule has 0 spiro atoms. The number of nitrogens with zero attached hydrogens (tertiary/aromatic N) is 3. The number of halogens is 3. The Labute approximate surface area is 232 Å². The third-order valence-electron chi connectivity index (χ3n) is 6.35. The Bertz CT molecular complexity index is 1630. The van der Waals surface area contributed by atoms with Crippen molar-refractivity contribution in [3.8, 4) is 5.75 Å². The van der Waals surface area contributed by atoms with Gasteiger partial charge in [0.2, 0.25) is 5.13 Å². The number of carbonyl (C=O) groups is 1. The van der Waals surface area contributed by atoms with Crippen LogP contribution in [-0.2, 0) is 29.0 Å². The number of carbonyl (C=O) groups excluding carboxylic acids is 1. The maximum Gasteiger partial charge on any atom is 0.416 e. The highest BCUT2D eigenvalue weighted by Gasteiger charge is 2.34. The zero-order chi connectivity index (χ0) is 28.5. The Morgan fingerprint density at radius 2 is 1.82 bits per heavy atom. The maximum atomic E-state index is 13.8. The van der Waals surface area contributed by atoms with E-state index in [9.17, 15) is 26.4 Å². The highest BCUT2D eigenvalue weighted by molar-refractivity contribution is 7.93. The van der Waals surface area contributed by atoms with E-state index in [0.717, 1.165) is 45.0 Å². The van der Waals surface area contributed by atoms with E-state index in [1.807, 2.05) is 0 Å². The molecule has 0 aliphatic heterocycles. The van der Waals surface area contributed by atoms with Crippen LogP contribution in [0.25, 0.3) is 0 Å². The number of para-hydroxylation sites is 1. The summed E-state index contributed by atoms with van der Waals surface area (Å²) in [5, 5.41) is 10.8. The zero-order valence-corrected chi connectivity index (χ0v) is 22.7. The van der Waals surface area contributed by atoms with Gasteiger partial charge in [-0.2, -0.15) is 13.2 Å². The number of amides is 1. The lowest BCUT2D eigenvalue weighted by atomic mass is 10.1. The molecule has 1 heterocycles. The van der Waals surface area contributed by atoms with Crippen LogP contribution in [0.5, 0.6) is 5.75 Å². The minimum atomic E-state index is -4.57. The van der Waals surface area contributed by atoms with Gasteiger partial charge in [-0.15, -0.1) is 10.2 Å². The van der Waals surface area contributed by atoms with Gasteiger partial charge in [-0.3, -0.25) is 4.79 Å². The third kappa shape index (κ3) is 5.52. The monoisotopic (exact) mass is 588 g/mol. The van der Waals surface area contributed by atoms with E-state index in [4.69, 9.17) is 4.74 Å². The average molecular weight is 589 g/mol. The second kappa shape index (κ2) is 10.9. The number of nitrogens with one attached hydrogen (secondary N) is 1. The quantitative estimate of drug-likeness (QED) is 0.297. The average Bonchev–Trinajstić information content (AvgIpc) is 3.58. The van der Waals surface area contributed by atoms with E-state index < -0.39 is 27.7 Å². The number of hydrogen-bond donors (Lipinski definition) is 1. The molecule has 3 aromatic carbocycles. The van der Waals surface area contributed by atoms with Crippen LogP contribution in [0.1, 0.15) is 34.0 Å². The van der Waals surface area contributed by atoms with E-state index in [1.165, 1.54) is 11.6 Å². The molecule has 1 atom stereocenters. The summed E-state index contributed by atoms with van der Waals surface area (Å²) in [5.74, 6) is -0.731. The number of benzene rings is 3. The smallest absolute Gasteiger partial charge is 0.416 e. The zero-order valence-electron chi connectivity index (χ0n) is 21.1. The second-order valence-corrected chi connectivity index (χ2v) is 11.6. The highest BCUT2D eigenvalue weighted by Crippen LogP contribution is 2.36. The van der Waals surface area contributed by atoms with Crippen LogP contribution in [0, 0.1) is 0 Å². The number of hydrogen-bond acceptors (Lipinski definition) is 7. The summed E-state index contributed by atoms with van der Waals surface area (Å²) in [5.41, 5.74) is 2.55. The fraction of sp³-hybridized carbons (Fsp3) is 0.222. The predicted molar refractivity (Wildman–Crippen MR) is 143 cm³/mol. The minimum Gasteiger partial charge on any atom is -0.493 e. The Morgan fingerprint density at radius 3 is 2.50 bits per heavy atom. The first-order valence-corrected chi connectivity index (χ1v) is 14.5. The molecule has 1 amide bonds. The maximum absolute atomic E-state index is 13.8. The molecule has 0 fully saturated rings. The topological polar surface area (TPSA) is 101 Å². The largest absolute Gasteiger partial charge is 0.493 e. The van der Waals surface area contributed by atoms with Gasteiger partial charge >= 0.3 is 6.18 Å². The molecular weight excluding hydrogens is 565 g/mol. The molecule has 13 heteroatoms. The van der Waals surface area contributed by atoms with Crippen molar-refractivity contribution in [3.05, 3.63) is 94.5 Å². The van der Waals surface area contributed by atoms with Gasteiger partial charge in [-0.05, 0) is 73.4 Å². The second-order valence-electron chi connectivity index (χ2n) is 8.98. The normalized spacial score (nSPS) is 14.9. The summed E-state index contributed by atoms with van der Waals surface area (Å²) in [6.07, 6.45) is -3.79. The molecule has 8 nitrogen and oxygen atoms in total. The van der Waals surface area contributed by atoms with Crippen LogP contribution in [0.15, 0.2) is 77.1 Å². The summed E-state index contributed by atoms with van der Waals surface area (Å²) < 4.78 is 73.5. The van der Waals surface area contributed by atoms with E-state index in [-0.39, 0.29) is 34.0 Å². The summed E-state index contributed by atoms with van der Waals surface area (Å²) in [7, 11) is -4.06. The molecule has 0 saturated heterocycles. The van der Waals surface area contributed by atoms with Crippen LogP contribution < -0.4 is 14.4 Å². The van der Waals surface area contributed by atoms with Gasteiger partial charge in [0.05, 0.1) is 28.3 Å². The minimum absolute atomic E-state index is 0.00960. The van der Waals surface area contributed by atoms with Crippen molar-refractivity contribution in [1.82, 2.24) is 15.5 Å². The van der Waals surface area contributed by atoms with Gasteiger partial charge < -0.3 is 10.1 Å². The van der Waals surface area contributed by atoms with Crippen LogP contribution >= 0.6 is 11.3 Å². The molecule has 40 heavy (non-hydrogen) atoms. The van der Waals surface area contributed by atoms with Gasteiger partial charge in [0.15, 0.2) is 0 Å². The summed E-state index contributed by atoms with van der Waals surface area (Å²) in [6, 6.07) is 15.7. The number of alkyl halides is 3. The predicted octanol–water partition coefficient (Wildman–Crippen LogP) is 5.38. The van der Waals surface area contributed by atoms with Crippen LogP contribution in [-0.4, -0.2) is 37.2 Å². The van der Waals surface area contributed by atoms with Gasteiger partial charge in [0, 0.05) is 6.04 Å². The lowest BCUT2D eigenvalue weighted by Crippen LogP contribution is -2.35. The molecule has 0 radical (unpaired) electrons. The van der Waals surface area contributed by atoms with E-state index in [2.05, 4.69) is 15.5 Å². The van der Waals surface area contributed by atoms with Crippen molar-refractivity contribution in [3.63, 3.8) is 0 Å². The van der Waals surface area contributed by atoms with Gasteiger partial charge in [-0.1, -0.05) is 35.6 Å². The Kier molecular flexibility index (Phi) is 7.51. The Balaban J connectivity index is 1.37. The fourth-order valence-electron chi connectivity index (χ4n) is 4.56. The van der Waals surface area contributed by atoms with Crippen molar-refractivity contribution >= 4 is 38.1 Å². The van der Waals surface area contributed by atoms with Crippen molar-refractivity contribution in [1.29, 1.82) is 0 Å². The van der Waals surface area contributed by atoms with Crippen LogP contribution in [0.2, 0.25) is 0 Å². The highest BCUT2D eigenvalue weighted by atomic mass is 32.2. The van der Waals surface area contributed by atoms with E-state index in [0.29, 0.717) is 18.5 Å². The lowest BCUT2D eigenvalue weighted by molar-refractivity contribution is -0.137. The first-order chi connectivity index (χ1) is 19.1. The molecule has 1 aliphatic rings. The molecular formula is C27H23F3N4O4S2. The third-order valence-corrected chi connectivity index (χ3v) is 8.85. The van der Waals surface area contributed by atoms with E-state index >= 15 is 0 Å². The van der Waals surface area contributed by atoms with Gasteiger partial charge in [0.1, 0.15) is 11.3 Å². The molecule has 1 aromatic heterocycles. The molecule has 0 bridgehead atoms. The first kappa shape index (κ1) is 27.6. The van der Waals surface area contributed by atoms with Crippen molar-refractivity contribution < 1.29 is 31.1 Å². The molecule has 4 aromatic rings. The molecule has 1 unspecified atom stereocenters. The number of sulfonamides is 1. The number of ether oxygens (including phenoxy) is 1. The molecule has 1 N–H and O–H groups in total. The summed E-state index contributed by atoms with van der Waals surface area (Å²) in [6.45, 7) is 1.70. The van der Waals surface area contributed by atoms with Gasteiger partial charge in [-0.25, -0.2) is 12.7 Å². The van der Waals surface area contributed by atoms with E-state index in [1.54, 1.807) is 49.4 Å². The Hall–Kier alpha value is -3.97. The van der Waals surface area contributed by atoms with Crippen molar-refractivity contribution in [2.75, 3.05) is 10.9 Å². The Morgan fingerprint density at radius 1 is 1.07 bits per heavy atom. The molecule has 5 rings (SSSR count). The summed E-state index contributed by atoms with van der Waals surface area (Å²) >= 11 is 1.09. The molecule has 0 saturated carbocycles. The van der Waals surface area contributed by atoms with Crippen molar-refractivity contribution in [2.45, 2.75) is 36.9 Å². The number of aromatic nitrogens is 2. The SMILES string of the molecule is CCOc1cc(C(F)(F)F)ccc1C(=O)NC1Cc2ccc(S(=O)(=O)N(c3ccccc3)c3nncs3)cc2C1. The number of fused-ring (bicyclic) bond motifs is 1. The molecule has 208 valence electrons. The summed E-state index contributed by atoms with van der Waals surface area (Å²) in [4.78, 5) is 13.1. The number of rotatable bonds is 8. The number of anilines is 2. The lowest BCUT2D eigenvalue weighted by Gasteiger charge is -2.21.